The number of aliphatic hydroxyl groups excluding tert-OH is 1. The number of aliphatic hydroxyl groups is 1. The summed E-state index contributed by atoms with van der Waals surface area (Å²) in [6.07, 6.45) is 1.93. The first-order chi connectivity index (χ1) is 12.9. The highest BCUT2D eigenvalue weighted by Gasteiger charge is 2.20. The van der Waals surface area contributed by atoms with Crippen molar-refractivity contribution in [2.24, 2.45) is 4.99 Å². The zero-order chi connectivity index (χ0) is 20.0. The standard InChI is InChI=1S/C20H18Cl2FNO3/c1-3-12-7-5-6-8-18(12)24-11-14(20(26)27-4-2)19(25)13-9-17(23)16(22)10-15(13)21/h5-11,25H,3-4H2,1-2H3. The summed E-state index contributed by atoms with van der Waals surface area (Å²) in [6.45, 7) is 3.70. The summed E-state index contributed by atoms with van der Waals surface area (Å²) in [5.74, 6) is -2.13. The Morgan fingerprint density at radius 2 is 1.93 bits per heavy atom. The lowest BCUT2D eigenvalue weighted by molar-refractivity contribution is -0.137. The van der Waals surface area contributed by atoms with E-state index in [-0.39, 0.29) is 27.8 Å². The summed E-state index contributed by atoms with van der Waals surface area (Å²) in [7, 11) is 0. The Balaban J connectivity index is 2.57. The SMILES string of the molecule is CCOC(=O)C(C=Nc1ccccc1CC)=C(O)c1cc(F)c(Cl)cc1Cl. The smallest absolute Gasteiger partial charge is 0.343 e. The number of carbonyl (C=O) groups excluding carboxylic acids is 1. The maximum Gasteiger partial charge on any atom is 0.343 e. The minimum atomic E-state index is -0.806. The van der Waals surface area contributed by atoms with Crippen LogP contribution in [0.2, 0.25) is 10.0 Å². The van der Waals surface area contributed by atoms with Gasteiger partial charge in [-0.25, -0.2) is 9.18 Å². The lowest BCUT2D eigenvalue weighted by Crippen LogP contribution is -2.11. The van der Waals surface area contributed by atoms with Gasteiger partial charge in [0.2, 0.25) is 0 Å². The Kier molecular flexibility index (Phi) is 7.39. The fraction of sp³-hybridized carbons (Fsp3) is 0.200. The van der Waals surface area contributed by atoms with Crippen LogP contribution >= 0.6 is 23.2 Å². The van der Waals surface area contributed by atoms with Crippen molar-refractivity contribution < 1.29 is 19.0 Å². The maximum atomic E-state index is 13.8. The maximum absolute atomic E-state index is 13.8. The largest absolute Gasteiger partial charge is 0.506 e. The molecule has 142 valence electrons. The molecule has 0 bridgehead atoms. The van der Waals surface area contributed by atoms with Gasteiger partial charge in [0, 0.05) is 11.8 Å². The first-order valence-electron chi connectivity index (χ1n) is 8.26. The molecule has 0 aliphatic carbocycles. The van der Waals surface area contributed by atoms with Gasteiger partial charge >= 0.3 is 5.97 Å². The van der Waals surface area contributed by atoms with Gasteiger partial charge in [0.15, 0.2) is 0 Å². The summed E-state index contributed by atoms with van der Waals surface area (Å²) in [6, 6.07) is 9.48. The number of hydrogen-bond acceptors (Lipinski definition) is 4. The number of hydrogen-bond donors (Lipinski definition) is 1. The number of halogens is 3. The Bertz CT molecular complexity index is 910. The van der Waals surface area contributed by atoms with Crippen LogP contribution in [0, 0.1) is 5.82 Å². The molecular formula is C20H18Cl2FNO3. The van der Waals surface area contributed by atoms with Crippen LogP contribution in [-0.4, -0.2) is 23.9 Å². The monoisotopic (exact) mass is 409 g/mol. The zero-order valence-corrected chi connectivity index (χ0v) is 16.3. The predicted octanol–water partition coefficient (Wildman–Crippen LogP) is 5.93. The molecule has 0 aromatic heterocycles. The van der Waals surface area contributed by atoms with Crippen molar-refractivity contribution >= 4 is 46.8 Å². The predicted molar refractivity (Wildman–Crippen MR) is 107 cm³/mol. The van der Waals surface area contributed by atoms with Crippen molar-refractivity contribution in [1.29, 1.82) is 0 Å². The van der Waals surface area contributed by atoms with E-state index >= 15 is 0 Å². The Morgan fingerprint density at radius 1 is 1.22 bits per heavy atom. The van der Waals surface area contributed by atoms with E-state index < -0.39 is 17.5 Å². The Labute approximate surface area is 166 Å². The van der Waals surface area contributed by atoms with Crippen LogP contribution < -0.4 is 0 Å². The molecule has 0 aliphatic heterocycles. The molecule has 0 heterocycles. The first kappa shape index (κ1) is 20.9. The van der Waals surface area contributed by atoms with Gasteiger partial charge in [-0.2, -0.15) is 0 Å². The van der Waals surface area contributed by atoms with Gasteiger partial charge in [-0.05, 0) is 37.1 Å². The van der Waals surface area contributed by atoms with Crippen molar-refractivity contribution in [3.05, 3.63) is 69.0 Å². The number of nitrogens with zero attached hydrogens (tertiary/aromatic N) is 1. The zero-order valence-electron chi connectivity index (χ0n) is 14.8. The van der Waals surface area contributed by atoms with Crippen LogP contribution in [0.4, 0.5) is 10.1 Å². The van der Waals surface area contributed by atoms with E-state index in [0.29, 0.717) is 5.69 Å². The summed E-state index contributed by atoms with van der Waals surface area (Å²) < 4.78 is 18.8. The molecule has 1 N–H and O–H groups in total. The number of esters is 1. The highest BCUT2D eigenvalue weighted by atomic mass is 35.5. The van der Waals surface area contributed by atoms with Gasteiger partial charge in [-0.15, -0.1) is 0 Å². The number of benzene rings is 2. The fourth-order valence-electron chi connectivity index (χ4n) is 2.34. The van der Waals surface area contributed by atoms with E-state index in [0.717, 1.165) is 24.1 Å². The lowest BCUT2D eigenvalue weighted by Gasteiger charge is -2.09. The van der Waals surface area contributed by atoms with Gasteiger partial charge in [0.05, 0.1) is 22.3 Å². The summed E-state index contributed by atoms with van der Waals surface area (Å²) in [5, 5.41) is 10.4. The van der Waals surface area contributed by atoms with Gasteiger partial charge in [-0.3, -0.25) is 4.99 Å². The molecule has 0 amide bonds. The van der Waals surface area contributed by atoms with Gasteiger partial charge < -0.3 is 9.84 Å². The molecular weight excluding hydrogens is 392 g/mol. The molecule has 0 saturated carbocycles. The summed E-state index contributed by atoms with van der Waals surface area (Å²) in [5.41, 5.74) is 1.28. The molecule has 2 aromatic carbocycles. The first-order valence-corrected chi connectivity index (χ1v) is 9.01. The highest BCUT2D eigenvalue weighted by molar-refractivity contribution is 6.36. The Morgan fingerprint density at radius 3 is 2.59 bits per heavy atom. The summed E-state index contributed by atoms with van der Waals surface area (Å²) >= 11 is 11.7. The van der Waals surface area contributed by atoms with Crippen molar-refractivity contribution in [3.8, 4) is 0 Å². The number of ether oxygens (including phenoxy) is 1. The molecule has 27 heavy (non-hydrogen) atoms. The van der Waals surface area contributed by atoms with E-state index in [1.54, 1.807) is 13.0 Å². The quantitative estimate of drug-likeness (QED) is 0.211. The van der Waals surface area contributed by atoms with Gasteiger partial charge in [0.1, 0.15) is 17.1 Å². The van der Waals surface area contributed by atoms with Crippen molar-refractivity contribution in [2.75, 3.05) is 6.61 Å². The van der Waals surface area contributed by atoms with Crippen LogP contribution in [-0.2, 0) is 16.0 Å². The molecule has 4 nitrogen and oxygen atoms in total. The van der Waals surface area contributed by atoms with E-state index in [9.17, 15) is 14.3 Å². The van der Waals surface area contributed by atoms with Crippen LogP contribution in [0.1, 0.15) is 25.0 Å². The second-order valence-corrected chi connectivity index (χ2v) is 6.28. The molecule has 0 aliphatic rings. The van der Waals surface area contributed by atoms with Crippen LogP contribution in [0.15, 0.2) is 47.0 Å². The molecule has 2 aromatic rings. The molecule has 2 rings (SSSR count). The van der Waals surface area contributed by atoms with Crippen molar-refractivity contribution in [2.45, 2.75) is 20.3 Å². The van der Waals surface area contributed by atoms with E-state index in [4.69, 9.17) is 27.9 Å². The average Bonchev–Trinajstić information content (AvgIpc) is 2.65. The van der Waals surface area contributed by atoms with E-state index in [2.05, 4.69) is 4.99 Å². The van der Waals surface area contributed by atoms with Crippen molar-refractivity contribution in [3.63, 3.8) is 0 Å². The second kappa shape index (κ2) is 9.53. The van der Waals surface area contributed by atoms with Crippen molar-refractivity contribution in [1.82, 2.24) is 0 Å². The number of para-hydroxylation sites is 1. The number of aliphatic imine (C=N–C) groups is 1. The summed E-state index contributed by atoms with van der Waals surface area (Å²) in [4.78, 5) is 16.6. The third kappa shape index (κ3) is 5.08. The second-order valence-electron chi connectivity index (χ2n) is 5.47. The van der Waals surface area contributed by atoms with Gasteiger partial charge in [-0.1, -0.05) is 48.3 Å². The average molecular weight is 410 g/mol. The molecule has 0 saturated heterocycles. The van der Waals surface area contributed by atoms with E-state index in [1.807, 2.05) is 25.1 Å². The normalized spacial score (nSPS) is 12.2. The number of carbonyl (C=O) groups is 1. The van der Waals surface area contributed by atoms with Crippen LogP contribution in [0.5, 0.6) is 0 Å². The molecule has 7 heteroatoms. The topological polar surface area (TPSA) is 58.9 Å². The third-order valence-electron chi connectivity index (χ3n) is 3.72. The minimum Gasteiger partial charge on any atom is -0.506 e. The number of rotatable bonds is 6. The fourth-order valence-corrected chi connectivity index (χ4v) is 2.81. The molecule has 0 spiro atoms. The lowest BCUT2D eigenvalue weighted by atomic mass is 10.1. The molecule has 0 fully saturated rings. The molecule has 0 unspecified atom stereocenters. The molecule has 0 radical (unpaired) electrons. The van der Waals surface area contributed by atoms with E-state index in [1.165, 1.54) is 6.21 Å². The van der Waals surface area contributed by atoms with Gasteiger partial charge in [0.25, 0.3) is 0 Å². The Hall–Kier alpha value is -2.37. The minimum absolute atomic E-state index is 0.0111. The molecule has 0 atom stereocenters. The third-order valence-corrected chi connectivity index (χ3v) is 4.32. The van der Waals surface area contributed by atoms with Crippen LogP contribution in [0.3, 0.4) is 0 Å². The van der Waals surface area contributed by atoms with Crippen LogP contribution in [0.25, 0.3) is 5.76 Å². The highest BCUT2D eigenvalue weighted by Crippen LogP contribution is 2.30. The number of aryl methyl sites for hydroxylation is 1.